The Morgan fingerprint density at radius 3 is 1.92 bits per heavy atom. The topological polar surface area (TPSA) is 229 Å². The molecule has 14 nitrogen and oxygen atoms in total. The molecule has 6 N–H and O–H groups in total. The predicted octanol–water partition coefficient (Wildman–Crippen LogP) is 8.87. The van der Waals surface area contributed by atoms with Gasteiger partial charge in [-0.3, -0.25) is 28.2 Å². The third-order valence-corrected chi connectivity index (χ3v) is 10.9. The number of carbonyl (C=O) groups excluding carboxylic acids is 3. The second-order valence-electron chi connectivity index (χ2n) is 15.6. The summed E-state index contributed by atoms with van der Waals surface area (Å²) in [4.78, 5) is 58.7. The van der Waals surface area contributed by atoms with Gasteiger partial charge in [-0.1, -0.05) is 131 Å². The van der Waals surface area contributed by atoms with Gasteiger partial charge < -0.3 is 35.4 Å². The number of nitrogens with two attached hydrogens (primary N) is 1. The maximum absolute atomic E-state index is 12.7. The zero-order chi connectivity index (χ0) is 46.6. The lowest BCUT2D eigenvalue weighted by atomic mass is 9.90. The Labute approximate surface area is 375 Å². The van der Waals surface area contributed by atoms with Crippen molar-refractivity contribution < 1.29 is 62.5 Å². The Kier molecular flexibility index (Phi) is 33.2. The highest BCUT2D eigenvalue weighted by Crippen LogP contribution is 2.43. The molecule has 7 atom stereocenters. The monoisotopic (exact) mass is 906 g/mol. The highest BCUT2D eigenvalue weighted by Gasteiger charge is 2.39. The number of ether oxygens (including phenoxy) is 2. The van der Waals surface area contributed by atoms with Crippen LogP contribution in [0.4, 0.5) is 0 Å². The standard InChI is InChI=1S/C48H76NO13P/c1-3-5-7-8-9-10-11-12-13-14-15-16-17-18-19-20-21-22-28-32-47(54)62-40(37-60-63(57,58)61-38-43(49)48(55)56)36-59-46(53)31-27-24-23-26-30-41-42(45(52)35-44(41)51)34-33-39(50)29-25-6-4-2/h9-10,12-13,15-16,18-19,21-23,26,33-34,39-43,45,50,52H,3-8,11,14,17,20,24-25,27-32,35-38,49H2,1-2H3,(H,55,56)(H,57,58)/b10-9-,13-12-,16-15-,19-18-,22-21-,26-23-,34-33+/t39-,40+,41+,42+,43-,45+/m0/s1. The number of aliphatic hydroxyl groups is 2. The van der Waals surface area contributed by atoms with Crippen LogP contribution in [0.2, 0.25) is 0 Å². The summed E-state index contributed by atoms with van der Waals surface area (Å²) in [6.07, 6.45) is 38.9. The lowest BCUT2D eigenvalue weighted by Gasteiger charge is -2.20. The molecule has 0 aromatic rings. The van der Waals surface area contributed by atoms with Gasteiger partial charge in [0.25, 0.3) is 0 Å². The Bertz CT molecular complexity index is 1550. The third kappa shape index (κ3) is 30.9. The van der Waals surface area contributed by atoms with Gasteiger partial charge in [-0.25, -0.2) is 4.57 Å². The van der Waals surface area contributed by atoms with Gasteiger partial charge in [0.15, 0.2) is 6.10 Å². The molecule has 0 heterocycles. The van der Waals surface area contributed by atoms with E-state index in [4.69, 9.17) is 24.8 Å². The number of ketones is 1. The lowest BCUT2D eigenvalue weighted by Crippen LogP contribution is -2.34. The first-order valence-corrected chi connectivity index (χ1v) is 24.2. The minimum atomic E-state index is -4.81. The second kappa shape index (κ2) is 36.6. The van der Waals surface area contributed by atoms with E-state index < -0.39 is 75.8 Å². The van der Waals surface area contributed by atoms with E-state index in [2.05, 4.69) is 60.9 Å². The van der Waals surface area contributed by atoms with Crippen molar-refractivity contribution in [2.24, 2.45) is 17.6 Å². The first-order chi connectivity index (χ1) is 30.3. The van der Waals surface area contributed by atoms with E-state index in [0.717, 1.165) is 44.9 Å². The number of hydrogen-bond donors (Lipinski definition) is 5. The number of carboxylic acid groups (broad SMARTS) is 1. The molecule has 1 aliphatic carbocycles. The quantitative estimate of drug-likeness (QED) is 0.0170. The number of phosphoric ester groups is 1. The summed E-state index contributed by atoms with van der Waals surface area (Å²) in [6, 6.07) is -1.58. The first-order valence-electron chi connectivity index (χ1n) is 22.7. The molecule has 1 rings (SSSR count). The number of aliphatic hydroxyl groups excluding tert-OH is 2. The van der Waals surface area contributed by atoms with Crippen molar-refractivity contribution in [2.45, 2.75) is 160 Å². The van der Waals surface area contributed by atoms with Crippen LogP contribution in [0.15, 0.2) is 85.1 Å². The molecule has 1 aliphatic rings. The van der Waals surface area contributed by atoms with Crippen LogP contribution in [0, 0.1) is 11.8 Å². The van der Waals surface area contributed by atoms with E-state index in [-0.39, 0.29) is 31.0 Å². The number of rotatable bonds is 37. The number of carboxylic acids is 1. The molecular weight excluding hydrogens is 829 g/mol. The van der Waals surface area contributed by atoms with E-state index in [1.54, 1.807) is 12.2 Å². The largest absolute Gasteiger partial charge is 0.480 e. The highest BCUT2D eigenvalue weighted by molar-refractivity contribution is 7.47. The fourth-order valence-electron chi connectivity index (χ4n) is 6.32. The van der Waals surface area contributed by atoms with Gasteiger partial charge in [0.1, 0.15) is 18.4 Å². The molecule has 0 aliphatic heterocycles. The van der Waals surface area contributed by atoms with Gasteiger partial charge in [-0.15, -0.1) is 0 Å². The lowest BCUT2D eigenvalue weighted by molar-refractivity contribution is -0.161. The molecule has 1 saturated carbocycles. The van der Waals surface area contributed by atoms with Crippen molar-refractivity contribution in [3.63, 3.8) is 0 Å². The summed E-state index contributed by atoms with van der Waals surface area (Å²) < 4.78 is 32.6. The Hall–Kier alpha value is -3.75. The minimum absolute atomic E-state index is 0.00708. The minimum Gasteiger partial charge on any atom is -0.480 e. The van der Waals surface area contributed by atoms with E-state index in [1.807, 2.05) is 30.4 Å². The Morgan fingerprint density at radius 2 is 1.30 bits per heavy atom. The summed E-state index contributed by atoms with van der Waals surface area (Å²) in [7, 11) is -4.81. The molecule has 0 bridgehead atoms. The molecule has 0 amide bonds. The number of Topliss-reactive ketones (excluding diaryl/α,β-unsaturated/α-hetero) is 1. The Balaban J connectivity index is 2.55. The van der Waals surface area contributed by atoms with Gasteiger partial charge in [0.2, 0.25) is 0 Å². The van der Waals surface area contributed by atoms with Gasteiger partial charge in [0.05, 0.1) is 25.4 Å². The Morgan fingerprint density at radius 1 is 0.746 bits per heavy atom. The van der Waals surface area contributed by atoms with Crippen molar-refractivity contribution in [1.29, 1.82) is 0 Å². The summed E-state index contributed by atoms with van der Waals surface area (Å²) in [5.41, 5.74) is 5.32. The van der Waals surface area contributed by atoms with Crippen molar-refractivity contribution in [2.75, 3.05) is 19.8 Å². The van der Waals surface area contributed by atoms with E-state index in [9.17, 15) is 38.8 Å². The van der Waals surface area contributed by atoms with Crippen LogP contribution in [0.3, 0.4) is 0 Å². The summed E-state index contributed by atoms with van der Waals surface area (Å²) in [5, 5.41) is 29.6. The van der Waals surface area contributed by atoms with Gasteiger partial charge >= 0.3 is 25.7 Å². The maximum atomic E-state index is 12.7. The zero-order valence-corrected chi connectivity index (χ0v) is 38.5. The first kappa shape index (κ1) is 57.3. The zero-order valence-electron chi connectivity index (χ0n) is 37.6. The van der Waals surface area contributed by atoms with E-state index >= 15 is 0 Å². The van der Waals surface area contributed by atoms with Crippen molar-refractivity contribution in [3.05, 3.63) is 85.1 Å². The summed E-state index contributed by atoms with van der Waals surface area (Å²) >= 11 is 0. The van der Waals surface area contributed by atoms with Crippen molar-refractivity contribution in [3.8, 4) is 0 Å². The molecule has 0 aromatic carbocycles. The fraction of sp³-hybridized carbons (Fsp3) is 0.625. The van der Waals surface area contributed by atoms with Gasteiger partial charge in [-0.2, -0.15) is 0 Å². The molecule has 1 unspecified atom stereocenters. The molecule has 0 spiro atoms. The SMILES string of the molecule is CCCCC/C=C\C/C=C\C/C=C\C/C=C\C/C=C\CCC(=O)O[C@H](COC(=O)CCC/C=C\C[C@H]1C(=O)C[C@@H](O)[C@@H]1/C=C/[C@@H](O)CCCCC)COP(=O)(O)OC[C@H](N)C(=O)O. The predicted molar refractivity (Wildman–Crippen MR) is 245 cm³/mol. The number of phosphoric acid groups is 1. The van der Waals surface area contributed by atoms with Crippen molar-refractivity contribution >= 4 is 31.5 Å². The van der Waals surface area contributed by atoms with Crippen molar-refractivity contribution in [1.82, 2.24) is 0 Å². The molecule has 0 aromatic heterocycles. The molecule has 15 heteroatoms. The highest BCUT2D eigenvalue weighted by atomic mass is 31.2. The van der Waals surface area contributed by atoms with E-state index in [0.29, 0.717) is 38.5 Å². The van der Waals surface area contributed by atoms with Crippen LogP contribution in [0.5, 0.6) is 0 Å². The number of aliphatic carboxylic acids is 1. The molecule has 0 saturated heterocycles. The number of unbranched alkanes of at least 4 members (excludes halogenated alkanes) is 6. The number of allylic oxidation sites excluding steroid dienone is 12. The summed E-state index contributed by atoms with van der Waals surface area (Å²) in [6.45, 7) is 2.31. The number of esters is 2. The average molecular weight is 906 g/mol. The van der Waals surface area contributed by atoms with Crippen LogP contribution in [-0.2, 0) is 42.3 Å². The molecule has 0 radical (unpaired) electrons. The molecule has 356 valence electrons. The van der Waals surface area contributed by atoms with Gasteiger partial charge in [-0.05, 0) is 70.6 Å². The van der Waals surface area contributed by atoms with Crippen LogP contribution < -0.4 is 5.73 Å². The number of carbonyl (C=O) groups is 4. The molecule has 1 fully saturated rings. The fourth-order valence-corrected chi connectivity index (χ4v) is 7.10. The maximum Gasteiger partial charge on any atom is 0.472 e. The van der Waals surface area contributed by atoms with Crippen LogP contribution in [-0.4, -0.2) is 88.1 Å². The molecule has 63 heavy (non-hydrogen) atoms. The molecular formula is C48H76NO13P. The summed E-state index contributed by atoms with van der Waals surface area (Å²) in [5.74, 6) is -3.54. The third-order valence-electron chi connectivity index (χ3n) is 10.00. The smallest absolute Gasteiger partial charge is 0.472 e. The second-order valence-corrected chi connectivity index (χ2v) is 17.1. The average Bonchev–Trinajstić information content (AvgIpc) is 3.52. The van der Waals surface area contributed by atoms with Gasteiger partial charge in [0, 0.05) is 31.1 Å². The normalized spacial score (nSPS) is 19.7. The number of hydrogen-bond acceptors (Lipinski definition) is 12. The van der Waals surface area contributed by atoms with E-state index in [1.165, 1.54) is 19.3 Å². The van der Waals surface area contributed by atoms with Crippen LogP contribution in [0.25, 0.3) is 0 Å². The van der Waals surface area contributed by atoms with Crippen LogP contribution >= 0.6 is 7.82 Å². The van der Waals surface area contributed by atoms with Crippen LogP contribution in [0.1, 0.15) is 136 Å².